The molecule has 1 aromatic heterocycles. The van der Waals surface area contributed by atoms with Crippen LogP contribution in [0, 0.1) is 6.92 Å². The van der Waals surface area contributed by atoms with Gasteiger partial charge in [0.15, 0.2) is 5.43 Å². The standard InChI is InChI=1S/C15H20N2O3/c1-9-12(8-17(2)3)15(18)11-6-10(19-4)7-13(20-5)14(11)16-9/h6-7H,8H2,1-5H3,(H,16,18)/p+1. The van der Waals surface area contributed by atoms with Gasteiger partial charge >= 0.3 is 0 Å². The van der Waals surface area contributed by atoms with Gasteiger partial charge in [0.05, 0.1) is 44.8 Å². The number of aryl methyl sites for hydroxylation is 1. The van der Waals surface area contributed by atoms with Gasteiger partial charge in [-0.05, 0) is 13.0 Å². The van der Waals surface area contributed by atoms with Crippen molar-refractivity contribution < 1.29 is 14.4 Å². The molecule has 108 valence electrons. The average Bonchev–Trinajstić information content (AvgIpc) is 2.42. The summed E-state index contributed by atoms with van der Waals surface area (Å²) in [5.41, 5.74) is 2.43. The Morgan fingerprint density at radius 1 is 1.20 bits per heavy atom. The molecule has 0 radical (unpaired) electrons. The maximum atomic E-state index is 12.7. The van der Waals surface area contributed by atoms with Crippen LogP contribution in [0.5, 0.6) is 11.5 Å². The predicted molar refractivity (Wildman–Crippen MR) is 78.9 cm³/mol. The highest BCUT2D eigenvalue weighted by atomic mass is 16.5. The van der Waals surface area contributed by atoms with Crippen molar-refractivity contribution >= 4 is 10.9 Å². The highest BCUT2D eigenvalue weighted by molar-refractivity contribution is 5.86. The lowest BCUT2D eigenvalue weighted by atomic mass is 10.1. The van der Waals surface area contributed by atoms with E-state index in [-0.39, 0.29) is 5.43 Å². The van der Waals surface area contributed by atoms with Gasteiger partial charge in [0.2, 0.25) is 0 Å². The average molecular weight is 277 g/mol. The topological polar surface area (TPSA) is 55.8 Å². The summed E-state index contributed by atoms with van der Waals surface area (Å²) in [6.07, 6.45) is 0. The number of rotatable bonds is 4. The first kappa shape index (κ1) is 14.4. The molecule has 0 amide bonds. The van der Waals surface area contributed by atoms with E-state index in [1.165, 1.54) is 4.90 Å². The van der Waals surface area contributed by atoms with Gasteiger partial charge in [-0.25, -0.2) is 0 Å². The lowest BCUT2D eigenvalue weighted by molar-refractivity contribution is -0.872. The van der Waals surface area contributed by atoms with Crippen molar-refractivity contribution in [2.24, 2.45) is 0 Å². The third-order valence-electron chi connectivity index (χ3n) is 3.35. The fourth-order valence-electron chi connectivity index (χ4n) is 2.34. The molecule has 0 bridgehead atoms. The zero-order valence-corrected chi connectivity index (χ0v) is 12.6. The van der Waals surface area contributed by atoms with Crippen LogP contribution in [0.2, 0.25) is 0 Å². The van der Waals surface area contributed by atoms with Crippen LogP contribution in [-0.4, -0.2) is 33.3 Å². The quantitative estimate of drug-likeness (QED) is 0.855. The number of nitrogens with one attached hydrogen (secondary N) is 2. The summed E-state index contributed by atoms with van der Waals surface area (Å²) in [4.78, 5) is 17.2. The van der Waals surface area contributed by atoms with Crippen LogP contribution in [0.3, 0.4) is 0 Å². The van der Waals surface area contributed by atoms with Crippen molar-refractivity contribution in [3.63, 3.8) is 0 Å². The monoisotopic (exact) mass is 277 g/mol. The molecule has 2 N–H and O–H groups in total. The minimum Gasteiger partial charge on any atom is -0.497 e. The van der Waals surface area contributed by atoms with E-state index in [9.17, 15) is 4.79 Å². The molecular formula is C15H21N2O3+. The van der Waals surface area contributed by atoms with Crippen LogP contribution >= 0.6 is 0 Å². The number of hydrogen-bond donors (Lipinski definition) is 2. The van der Waals surface area contributed by atoms with Crippen LogP contribution in [0.4, 0.5) is 0 Å². The number of methoxy groups -OCH3 is 2. The molecule has 1 heterocycles. The third-order valence-corrected chi connectivity index (χ3v) is 3.35. The van der Waals surface area contributed by atoms with Gasteiger partial charge in [-0.15, -0.1) is 0 Å². The molecule has 0 aliphatic rings. The summed E-state index contributed by atoms with van der Waals surface area (Å²) >= 11 is 0. The number of hydrogen-bond acceptors (Lipinski definition) is 3. The Labute approximate surface area is 118 Å². The van der Waals surface area contributed by atoms with E-state index in [1.54, 1.807) is 26.4 Å². The lowest BCUT2D eigenvalue weighted by Gasteiger charge is -2.13. The molecule has 1 aromatic carbocycles. The number of pyridine rings is 1. The largest absolute Gasteiger partial charge is 0.497 e. The fourth-order valence-corrected chi connectivity index (χ4v) is 2.34. The molecular weight excluding hydrogens is 256 g/mol. The van der Waals surface area contributed by atoms with Crippen LogP contribution in [0.25, 0.3) is 10.9 Å². The van der Waals surface area contributed by atoms with E-state index in [4.69, 9.17) is 9.47 Å². The van der Waals surface area contributed by atoms with Gasteiger partial charge < -0.3 is 19.4 Å². The molecule has 2 rings (SSSR count). The van der Waals surface area contributed by atoms with Gasteiger partial charge in [0.1, 0.15) is 18.0 Å². The van der Waals surface area contributed by atoms with Crippen molar-refractivity contribution in [1.29, 1.82) is 0 Å². The Kier molecular flexibility index (Phi) is 3.99. The van der Waals surface area contributed by atoms with Crippen molar-refractivity contribution in [3.05, 3.63) is 33.6 Å². The molecule has 0 aliphatic heterocycles. The van der Waals surface area contributed by atoms with Crippen LogP contribution < -0.4 is 19.8 Å². The lowest BCUT2D eigenvalue weighted by Crippen LogP contribution is -3.04. The number of aromatic amines is 1. The second kappa shape index (κ2) is 5.54. The summed E-state index contributed by atoms with van der Waals surface area (Å²) in [5, 5.41) is 0.600. The van der Waals surface area contributed by atoms with Crippen molar-refractivity contribution in [2.75, 3.05) is 28.3 Å². The summed E-state index contributed by atoms with van der Waals surface area (Å²) in [7, 11) is 7.21. The molecule has 0 saturated heterocycles. The predicted octanol–water partition coefficient (Wildman–Crippen LogP) is 0.498. The van der Waals surface area contributed by atoms with E-state index >= 15 is 0 Å². The Bertz CT molecular complexity index is 690. The first-order valence-electron chi connectivity index (χ1n) is 6.54. The van der Waals surface area contributed by atoms with Crippen molar-refractivity contribution in [3.8, 4) is 11.5 Å². The van der Waals surface area contributed by atoms with Crippen molar-refractivity contribution in [2.45, 2.75) is 13.5 Å². The molecule has 0 atom stereocenters. The number of ether oxygens (including phenoxy) is 2. The smallest absolute Gasteiger partial charge is 0.198 e. The summed E-state index contributed by atoms with van der Waals surface area (Å²) in [5.74, 6) is 1.23. The summed E-state index contributed by atoms with van der Waals surface area (Å²) in [6.45, 7) is 2.60. The highest BCUT2D eigenvalue weighted by Crippen LogP contribution is 2.28. The van der Waals surface area contributed by atoms with Gasteiger partial charge in [-0.3, -0.25) is 4.79 Å². The summed E-state index contributed by atoms with van der Waals surface area (Å²) < 4.78 is 10.6. The maximum Gasteiger partial charge on any atom is 0.198 e. The van der Waals surface area contributed by atoms with Crippen molar-refractivity contribution in [1.82, 2.24) is 4.98 Å². The third kappa shape index (κ3) is 2.49. The van der Waals surface area contributed by atoms with E-state index in [1.807, 2.05) is 21.0 Å². The maximum absolute atomic E-state index is 12.7. The molecule has 2 aromatic rings. The second-order valence-electron chi connectivity index (χ2n) is 5.19. The van der Waals surface area contributed by atoms with E-state index in [2.05, 4.69) is 4.98 Å². The Morgan fingerprint density at radius 3 is 2.45 bits per heavy atom. The van der Waals surface area contributed by atoms with Gasteiger partial charge in [-0.1, -0.05) is 0 Å². The minimum absolute atomic E-state index is 0.0367. The highest BCUT2D eigenvalue weighted by Gasteiger charge is 2.15. The molecule has 5 nitrogen and oxygen atoms in total. The molecule has 5 heteroatoms. The van der Waals surface area contributed by atoms with E-state index in [0.717, 1.165) is 11.3 Å². The number of quaternary nitrogens is 1. The van der Waals surface area contributed by atoms with E-state index < -0.39 is 0 Å². The molecule has 20 heavy (non-hydrogen) atoms. The van der Waals surface area contributed by atoms with Gasteiger partial charge in [0, 0.05) is 11.8 Å². The van der Waals surface area contributed by atoms with Gasteiger partial charge in [-0.2, -0.15) is 0 Å². The fraction of sp³-hybridized carbons (Fsp3) is 0.400. The number of H-pyrrole nitrogens is 1. The Hall–Kier alpha value is -2.01. The SMILES string of the molecule is COc1cc(OC)c2[nH]c(C)c(C[NH+](C)C)c(=O)c2c1. The molecule has 0 spiro atoms. The summed E-state index contributed by atoms with van der Waals surface area (Å²) in [6, 6.07) is 3.53. The van der Waals surface area contributed by atoms with Crippen LogP contribution in [0.1, 0.15) is 11.3 Å². The van der Waals surface area contributed by atoms with Crippen LogP contribution in [-0.2, 0) is 6.54 Å². The number of aromatic nitrogens is 1. The minimum atomic E-state index is 0.0367. The van der Waals surface area contributed by atoms with E-state index in [0.29, 0.717) is 28.9 Å². The Balaban J connectivity index is 2.80. The van der Waals surface area contributed by atoms with Gasteiger partial charge in [0.25, 0.3) is 0 Å². The molecule has 0 fully saturated rings. The molecule has 0 aliphatic carbocycles. The first-order chi connectivity index (χ1) is 9.47. The Morgan fingerprint density at radius 2 is 1.90 bits per heavy atom. The normalized spacial score (nSPS) is 11.1. The second-order valence-corrected chi connectivity index (χ2v) is 5.19. The molecule has 0 saturated carbocycles. The zero-order valence-electron chi connectivity index (χ0n) is 12.6. The number of benzene rings is 1. The first-order valence-corrected chi connectivity index (χ1v) is 6.54. The molecule has 0 unspecified atom stereocenters. The van der Waals surface area contributed by atoms with Crippen LogP contribution in [0.15, 0.2) is 16.9 Å². The number of fused-ring (bicyclic) bond motifs is 1. The zero-order chi connectivity index (χ0) is 14.9.